The highest BCUT2D eigenvalue weighted by Crippen LogP contribution is 2.26. The SMILES string of the molecule is CC1CSC(Nc2ccc(F)c(F)c2F)=NC1C. The number of amidine groups is 1. The Morgan fingerprint density at radius 1 is 1.22 bits per heavy atom. The van der Waals surface area contributed by atoms with Gasteiger partial charge in [-0.05, 0) is 25.0 Å². The summed E-state index contributed by atoms with van der Waals surface area (Å²) in [6, 6.07) is 2.18. The number of rotatable bonds is 1. The molecule has 0 fully saturated rings. The monoisotopic (exact) mass is 274 g/mol. The molecule has 1 aliphatic rings. The molecule has 2 rings (SSSR count). The molecule has 2 nitrogen and oxygen atoms in total. The first-order valence-corrected chi connectivity index (χ1v) is 6.58. The average molecular weight is 274 g/mol. The Bertz CT molecular complexity index is 490. The molecule has 0 saturated carbocycles. The largest absolute Gasteiger partial charge is 0.332 e. The van der Waals surface area contributed by atoms with Crippen LogP contribution >= 0.6 is 11.8 Å². The third kappa shape index (κ3) is 2.63. The zero-order valence-corrected chi connectivity index (χ0v) is 10.8. The van der Waals surface area contributed by atoms with Crippen molar-refractivity contribution in [1.29, 1.82) is 0 Å². The van der Waals surface area contributed by atoms with Crippen LogP contribution < -0.4 is 5.32 Å². The highest BCUT2D eigenvalue weighted by molar-refractivity contribution is 8.14. The van der Waals surface area contributed by atoms with Crippen LogP contribution in [0.15, 0.2) is 17.1 Å². The van der Waals surface area contributed by atoms with Crippen molar-refractivity contribution in [3.8, 4) is 0 Å². The minimum Gasteiger partial charge on any atom is -0.332 e. The Hall–Kier alpha value is -1.17. The molecular weight excluding hydrogens is 261 g/mol. The molecule has 0 aliphatic carbocycles. The smallest absolute Gasteiger partial charge is 0.196 e. The first-order valence-electron chi connectivity index (χ1n) is 5.60. The lowest BCUT2D eigenvalue weighted by atomic mass is 10.1. The molecule has 98 valence electrons. The van der Waals surface area contributed by atoms with Gasteiger partial charge in [0.2, 0.25) is 0 Å². The third-order valence-electron chi connectivity index (χ3n) is 2.90. The van der Waals surface area contributed by atoms with Crippen LogP contribution in [0.4, 0.5) is 18.9 Å². The number of benzene rings is 1. The average Bonchev–Trinajstić information content (AvgIpc) is 2.34. The van der Waals surface area contributed by atoms with Crippen LogP contribution in [0.5, 0.6) is 0 Å². The summed E-state index contributed by atoms with van der Waals surface area (Å²) in [5.41, 5.74) is -0.0955. The van der Waals surface area contributed by atoms with Crippen molar-refractivity contribution in [2.75, 3.05) is 11.1 Å². The van der Waals surface area contributed by atoms with Crippen molar-refractivity contribution in [1.82, 2.24) is 0 Å². The van der Waals surface area contributed by atoms with E-state index in [0.29, 0.717) is 11.1 Å². The second-order valence-corrected chi connectivity index (χ2v) is 5.32. The van der Waals surface area contributed by atoms with E-state index in [1.54, 1.807) is 0 Å². The van der Waals surface area contributed by atoms with Crippen molar-refractivity contribution < 1.29 is 13.2 Å². The number of aliphatic imine (C=N–C) groups is 1. The normalized spacial score (nSPS) is 23.7. The molecule has 2 unspecified atom stereocenters. The van der Waals surface area contributed by atoms with Gasteiger partial charge >= 0.3 is 0 Å². The number of hydrogen-bond acceptors (Lipinski definition) is 3. The molecule has 0 radical (unpaired) electrons. The number of halogens is 3. The fourth-order valence-corrected chi connectivity index (χ4v) is 2.63. The fourth-order valence-electron chi connectivity index (χ4n) is 1.51. The maximum atomic E-state index is 13.4. The van der Waals surface area contributed by atoms with E-state index in [4.69, 9.17) is 0 Å². The highest BCUT2D eigenvalue weighted by Gasteiger charge is 2.21. The lowest BCUT2D eigenvalue weighted by Crippen LogP contribution is -2.25. The second kappa shape index (κ2) is 5.22. The van der Waals surface area contributed by atoms with E-state index in [1.165, 1.54) is 17.8 Å². The molecule has 0 spiro atoms. The van der Waals surface area contributed by atoms with E-state index in [9.17, 15) is 13.2 Å². The van der Waals surface area contributed by atoms with E-state index < -0.39 is 17.5 Å². The Kier molecular flexibility index (Phi) is 3.85. The van der Waals surface area contributed by atoms with Crippen LogP contribution in [0, 0.1) is 23.4 Å². The van der Waals surface area contributed by atoms with Gasteiger partial charge < -0.3 is 5.32 Å². The van der Waals surface area contributed by atoms with Crippen LogP contribution in [0.25, 0.3) is 0 Å². The van der Waals surface area contributed by atoms with Crippen molar-refractivity contribution in [2.24, 2.45) is 10.9 Å². The minimum atomic E-state index is -1.47. The number of nitrogens with one attached hydrogen (secondary N) is 1. The van der Waals surface area contributed by atoms with Gasteiger partial charge in [0.1, 0.15) is 0 Å². The van der Waals surface area contributed by atoms with Gasteiger partial charge in [0.25, 0.3) is 0 Å². The maximum Gasteiger partial charge on any atom is 0.196 e. The van der Waals surface area contributed by atoms with E-state index in [2.05, 4.69) is 17.2 Å². The summed E-state index contributed by atoms with van der Waals surface area (Å²) in [4.78, 5) is 4.34. The quantitative estimate of drug-likeness (QED) is 0.791. The van der Waals surface area contributed by atoms with E-state index >= 15 is 0 Å². The van der Waals surface area contributed by atoms with Crippen molar-refractivity contribution in [3.63, 3.8) is 0 Å². The summed E-state index contributed by atoms with van der Waals surface area (Å²) in [6.45, 7) is 4.05. The van der Waals surface area contributed by atoms with Crippen molar-refractivity contribution in [2.45, 2.75) is 19.9 Å². The Morgan fingerprint density at radius 3 is 2.61 bits per heavy atom. The van der Waals surface area contributed by atoms with Crippen molar-refractivity contribution in [3.05, 3.63) is 29.6 Å². The van der Waals surface area contributed by atoms with Crippen LogP contribution in [-0.2, 0) is 0 Å². The first kappa shape index (κ1) is 13.3. The number of anilines is 1. The molecule has 1 heterocycles. The molecule has 0 aromatic heterocycles. The molecule has 18 heavy (non-hydrogen) atoms. The van der Waals surface area contributed by atoms with Gasteiger partial charge in [-0.3, -0.25) is 4.99 Å². The molecular formula is C12H13F3N2S. The molecule has 0 amide bonds. The standard InChI is InChI=1S/C12H13F3N2S/c1-6-5-18-12(16-7(6)2)17-9-4-3-8(13)10(14)11(9)15/h3-4,6-7H,5H2,1-2H3,(H,16,17). The van der Waals surface area contributed by atoms with Crippen LogP contribution in [0.1, 0.15) is 13.8 Å². The van der Waals surface area contributed by atoms with Gasteiger partial charge in [-0.25, -0.2) is 13.2 Å². The summed E-state index contributed by atoms with van der Waals surface area (Å²) < 4.78 is 39.3. The Balaban J connectivity index is 2.20. The van der Waals surface area contributed by atoms with Gasteiger partial charge in [-0.1, -0.05) is 18.7 Å². The summed E-state index contributed by atoms with van der Waals surface area (Å²) in [5, 5.41) is 3.23. The fraction of sp³-hybridized carbons (Fsp3) is 0.417. The summed E-state index contributed by atoms with van der Waals surface area (Å²) in [7, 11) is 0. The summed E-state index contributed by atoms with van der Waals surface area (Å²) >= 11 is 1.44. The second-order valence-electron chi connectivity index (χ2n) is 4.31. The molecule has 1 aliphatic heterocycles. The zero-order chi connectivity index (χ0) is 13.3. The van der Waals surface area contributed by atoms with E-state index in [1.807, 2.05) is 6.92 Å². The number of nitrogens with zero attached hydrogens (tertiary/aromatic N) is 1. The van der Waals surface area contributed by atoms with Crippen LogP contribution in [0.2, 0.25) is 0 Å². The third-order valence-corrected chi connectivity index (χ3v) is 4.08. The Labute approximate surface area is 108 Å². The lowest BCUT2D eigenvalue weighted by Gasteiger charge is -2.23. The van der Waals surface area contributed by atoms with Gasteiger partial charge in [-0.15, -0.1) is 0 Å². The van der Waals surface area contributed by atoms with Crippen LogP contribution in [-0.4, -0.2) is 17.0 Å². The van der Waals surface area contributed by atoms with Gasteiger partial charge in [-0.2, -0.15) is 0 Å². The molecule has 1 aromatic carbocycles. The molecule has 0 saturated heterocycles. The topological polar surface area (TPSA) is 24.4 Å². The summed E-state index contributed by atoms with van der Waals surface area (Å²) in [5.74, 6) is -2.58. The van der Waals surface area contributed by atoms with Gasteiger partial charge in [0.05, 0.1) is 11.7 Å². The van der Waals surface area contributed by atoms with Crippen molar-refractivity contribution >= 4 is 22.6 Å². The number of hydrogen-bond donors (Lipinski definition) is 1. The molecule has 6 heteroatoms. The summed E-state index contributed by atoms with van der Waals surface area (Å²) in [6.07, 6.45) is 0. The zero-order valence-electron chi connectivity index (χ0n) is 10.0. The highest BCUT2D eigenvalue weighted by atomic mass is 32.2. The van der Waals surface area contributed by atoms with Gasteiger partial charge in [0.15, 0.2) is 22.6 Å². The first-order chi connectivity index (χ1) is 8.49. The molecule has 0 bridgehead atoms. The molecule has 1 aromatic rings. The van der Waals surface area contributed by atoms with Crippen LogP contribution in [0.3, 0.4) is 0 Å². The predicted octanol–water partition coefficient (Wildman–Crippen LogP) is 3.64. The van der Waals surface area contributed by atoms with E-state index in [-0.39, 0.29) is 11.7 Å². The Morgan fingerprint density at radius 2 is 1.94 bits per heavy atom. The van der Waals surface area contributed by atoms with E-state index in [0.717, 1.165) is 11.8 Å². The lowest BCUT2D eigenvalue weighted by molar-refractivity contribution is 0.449. The predicted molar refractivity (Wildman–Crippen MR) is 68.5 cm³/mol. The maximum absolute atomic E-state index is 13.4. The van der Waals surface area contributed by atoms with Gasteiger partial charge in [0, 0.05) is 5.75 Å². The minimum absolute atomic E-state index is 0.0955. The number of thioether (sulfide) groups is 1. The molecule has 2 atom stereocenters. The molecule has 1 N–H and O–H groups in total.